The lowest BCUT2D eigenvalue weighted by molar-refractivity contribution is 0.0550. The summed E-state index contributed by atoms with van der Waals surface area (Å²) in [6, 6.07) is 2.30. The van der Waals surface area contributed by atoms with Gasteiger partial charge in [0, 0.05) is 18.1 Å². The van der Waals surface area contributed by atoms with Crippen molar-refractivity contribution in [3.05, 3.63) is 0 Å². The van der Waals surface area contributed by atoms with Crippen molar-refractivity contribution in [3.63, 3.8) is 0 Å². The van der Waals surface area contributed by atoms with Crippen LogP contribution in [0.3, 0.4) is 0 Å². The summed E-state index contributed by atoms with van der Waals surface area (Å²) < 4.78 is 0. The predicted octanol–water partition coefficient (Wildman–Crippen LogP) is 3.66. The maximum atomic E-state index is 3.76. The van der Waals surface area contributed by atoms with E-state index >= 15 is 0 Å². The fourth-order valence-electron chi connectivity index (χ4n) is 4.25. The van der Waals surface area contributed by atoms with E-state index in [1.54, 1.807) is 0 Å². The highest BCUT2D eigenvalue weighted by Gasteiger charge is 2.40. The molecular formula is C17H34N2. The molecule has 1 N–H and O–H groups in total. The van der Waals surface area contributed by atoms with E-state index in [4.69, 9.17) is 0 Å². The van der Waals surface area contributed by atoms with Gasteiger partial charge in [-0.05, 0) is 63.5 Å². The molecule has 1 aliphatic carbocycles. The number of rotatable bonds is 3. The van der Waals surface area contributed by atoms with Gasteiger partial charge in [-0.25, -0.2) is 0 Å². The second-order valence-electron chi connectivity index (χ2n) is 7.84. The summed E-state index contributed by atoms with van der Waals surface area (Å²) in [6.07, 6.45) is 6.96. The van der Waals surface area contributed by atoms with Crippen molar-refractivity contribution in [2.24, 2.45) is 11.3 Å². The SMILES string of the molecule is CCNC1CCC(C(C)(C)C)CC1N1CCCC1C. The van der Waals surface area contributed by atoms with Crippen molar-refractivity contribution in [3.8, 4) is 0 Å². The minimum atomic E-state index is 0.471. The lowest BCUT2D eigenvalue weighted by Crippen LogP contribution is -2.55. The van der Waals surface area contributed by atoms with Crippen molar-refractivity contribution in [2.45, 2.75) is 84.8 Å². The summed E-state index contributed by atoms with van der Waals surface area (Å²) in [4.78, 5) is 2.81. The van der Waals surface area contributed by atoms with Crippen LogP contribution in [0.4, 0.5) is 0 Å². The molecule has 0 aromatic rings. The molecule has 4 atom stereocenters. The summed E-state index contributed by atoms with van der Waals surface area (Å²) in [6.45, 7) is 14.4. The quantitative estimate of drug-likeness (QED) is 0.838. The Bertz CT molecular complexity index is 281. The van der Waals surface area contributed by atoms with Gasteiger partial charge in [-0.2, -0.15) is 0 Å². The second kappa shape index (κ2) is 6.13. The smallest absolute Gasteiger partial charge is 0.0254 e. The molecule has 1 heterocycles. The third-order valence-corrected chi connectivity index (χ3v) is 5.54. The molecule has 0 aromatic carbocycles. The topological polar surface area (TPSA) is 15.3 Å². The summed E-state index contributed by atoms with van der Waals surface area (Å²) in [5.74, 6) is 0.889. The molecule has 2 nitrogen and oxygen atoms in total. The molecule has 1 saturated carbocycles. The number of hydrogen-bond donors (Lipinski definition) is 1. The van der Waals surface area contributed by atoms with Crippen LogP contribution >= 0.6 is 0 Å². The Morgan fingerprint density at radius 1 is 1.16 bits per heavy atom. The van der Waals surface area contributed by atoms with Gasteiger partial charge in [0.25, 0.3) is 0 Å². The van der Waals surface area contributed by atoms with E-state index in [2.05, 4.69) is 44.8 Å². The van der Waals surface area contributed by atoms with Gasteiger partial charge < -0.3 is 5.32 Å². The Morgan fingerprint density at radius 2 is 1.89 bits per heavy atom. The Hall–Kier alpha value is -0.0800. The number of nitrogens with zero attached hydrogens (tertiary/aromatic N) is 1. The van der Waals surface area contributed by atoms with Crippen LogP contribution in [0.25, 0.3) is 0 Å². The minimum Gasteiger partial charge on any atom is -0.313 e. The molecule has 2 rings (SSSR count). The molecule has 2 heteroatoms. The van der Waals surface area contributed by atoms with Gasteiger partial charge in [0.05, 0.1) is 0 Å². The minimum absolute atomic E-state index is 0.471. The average Bonchev–Trinajstić information content (AvgIpc) is 2.75. The van der Waals surface area contributed by atoms with Crippen LogP contribution in [-0.2, 0) is 0 Å². The molecule has 2 aliphatic rings. The molecule has 0 aromatic heterocycles. The molecule has 0 bridgehead atoms. The van der Waals surface area contributed by atoms with E-state index in [1.807, 2.05) is 0 Å². The zero-order valence-corrected chi connectivity index (χ0v) is 13.7. The Balaban J connectivity index is 2.08. The van der Waals surface area contributed by atoms with Crippen LogP contribution in [0.15, 0.2) is 0 Å². The van der Waals surface area contributed by atoms with Crippen LogP contribution in [0, 0.1) is 11.3 Å². The number of likely N-dealkylation sites (N-methyl/N-ethyl adjacent to an activating group) is 1. The lowest BCUT2D eigenvalue weighted by atomic mass is 9.69. The van der Waals surface area contributed by atoms with Crippen LogP contribution in [0.5, 0.6) is 0 Å². The molecule has 1 saturated heterocycles. The predicted molar refractivity (Wildman–Crippen MR) is 83.5 cm³/mol. The fraction of sp³-hybridized carbons (Fsp3) is 1.00. The molecule has 4 unspecified atom stereocenters. The standard InChI is InChI=1S/C17H34N2/c1-6-18-15-10-9-14(17(3,4)5)12-16(15)19-11-7-8-13(19)2/h13-16,18H,6-12H2,1-5H3. The van der Waals surface area contributed by atoms with Crippen molar-refractivity contribution in [1.82, 2.24) is 10.2 Å². The third-order valence-electron chi connectivity index (χ3n) is 5.54. The largest absolute Gasteiger partial charge is 0.313 e. The van der Waals surface area contributed by atoms with Crippen LogP contribution in [-0.4, -0.2) is 36.1 Å². The first-order valence-corrected chi connectivity index (χ1v) is 8.42. The van der Waals surface area contributed by atoms with Gasteiger partial charge in [0.2, 0.25) is 0 Å². The first-order chi connectivity index (χ1) is 8.93. The molecule has 0 radical (unpaired) electrons. The van der Waals surface area contributed by atoms with Crippen LogP contribution in [0.1, 0.15) is 66.7 Å². The van der Waals surface area contributed by atoms with Gasteiger partial charge in [-0.3, -0.25) is 4.90 Å². The molecule has 1 aliphatic heterocycles. The highest BCUT2D eigenvalue weighted by molar-refractivity contribution is 4.96. The zero-order valence-electron chi connectivity index (χ0n) is 13.7. The molecular weight excluding hydrogens is 232 g/mol. The van der Waals surface area contributed by atoms with Crippen LogP contribution in [0.2, 0.25) is 0 Å². The summed E-state index contributed by atoms with van der Waals surface area (Å²) in [7, 11) is 0. The monoisotopic (exact) mass is 266 g/mol. The van der Waals surface area contributed by atoms with Crippen molar-refractivity contribution >= 4 is 0 Å². The average molecular weight is 266 g/mol. The van der Waals surface area contributed by atoms with Crippen molar-refractivity contribution in [1.29, 1.82) is 0 Å². The Morgan fingerprint density at radius 3 is 2.42 bits per heavy atom. The second-order valence-corrected chi connectivity index (χ2v) is 7.84. The third kappa shape index (κ3) is 3.52. The van der Waals surface area contributed by atoms with Crippen molar-refractivity contribution in [2.75, 3.05) is 13.1 Å². The summed E-state index contributed by atoms with van der Waals surface area (Å²) in [5, 5.41) is 3.76. The van der Waals surface area contributed by atoms with Crippen molar-refractivity contribution < 1.29 is 0 Å². The lowest BCUT2D eigenvalue weighted by Gasteiger charge is -2.46. The maximum Gasteiger partial charge on any atom is 0.0254 e. The zero-order chi connectivity index (χ0) is 14.0. The molecule has 0 amide bonds. The highest BCUT2D eigenvalue weighted by atomic mass is 15.2. The Kier molecular flexibility index (Phi) is 4.94. The normalized spacial score (nSPS) is 37.7. The number of hydrogen-bond acceptors (Lipinski definition) is 2. The fourth-order valence-corrected chi connectivity index (χ4v) is 4.25. The van der Waals surface area contributed by atoms with Gasteiger partial charge >= 0.3 is 0 Å². The highest BCUT2D eigenvalue weighted by Crippen LogP contribution is 2.40. The molecule has 19 heavy (non-hydrogen) atoms. The number of nitrogens with one attached hydrogen (secondary N) is 1. The first-order valence-electron chi connectivity index (χ1n) is 8.42. The summed E-state index contributed by atoms with van der Waals surface area (Å²) >= 11 is 0. The van der Waals surface area contributed by atoms with E-state index in [0.29, 0.717) is 5.41 Å². The van der Waals surface area contributed by atoms with E-state index in [1.165, 1.54) is 38.6 Å². The molecule has 112 valence electrons. The van der Waals surface area contributed by atoms with Gasteiger partial charge in [0.15, 0.2) is 0 Å². The van der Waals surface area contributed by atoms with Gasteiger partial charge in [-0.15, -0.1) is 0 Å². The maximum absolute atomic E-state index is 3.76. The van der Waals surface area contributed by atoms with Crippen LogP contribution < -0.4 is 5.32 Å². The molecule has 0 spiro atoms. The van der Waals surface area contributed by atoms with Gasteiger partial charge in [-0.1, -0.05) is 27.7 Å². The van der Waals surface area contributed by atoms with E-state index in [0.717, 1.165) is 30.6 Å². The first kappa shape index (κ1) is 15.3. The van der Waals surface area contributed by atoms with E-state index in [-0.39, 0.29) is 0 Å². The Labute approximate surface area is 120 Å². The van der Waals surface area contributed by atoms with E-state index in [9.17, 15) is 0 Å². The van der Waals surface area contributed by atoms with E-state index < -0.39 is 0 Å². The van der Waals surface area contributed by atoms with Gasteiger partial charge in [0.1, 0.15) is 0 Å². The summed E-state index contributed by atoms with van der Waals surface area (Å²) in [5.41, 5.74) is 0.471. The molecule has 2 fully saturated rings. The number of likely N-dealkylation sites (tertiary alicyclic amines) is 1.